The summed E-state index contributed by atoms with van der Waals surface area (Å²) >= 11 is 0. The predicted octanol–water partition coefficient (Wildman–Crippen LogP) is 2.39. The molecule has 2 amide bonds. The zero-order valence-corrected chi connectivity index (χ0v) is 18.1. The van der Waals surface area contributed by atoms with Crippen LogP contribution >= 0.6 is 0 Å². The van der Waals surface area contributed by atoms with E-state index in [1.807, 2.05) is 0 Å². The molecule has 16 heteroatoms. The van der Waals surface area contributed by atoms with Gasteiger partial charge < -0.3 is 20.1 Å². The maximum Gasteiger partial charge on any atom is 0.482 e. The summed E-state index contributed by atoms with van der Waals surface area (Å²) in [5.74, 6) is -19.9. The molecule has 2 N–H and O–H groups in total. The van der Waals surface area contributed by atoms with Crippen LogP contribution in [0.25, 0.3) is 11.1 Å². The van der Waals surface area contributed by atoms with Gasteiger partial charge in [-0.05, 0) is 6.07 Å². The molecule has 1 unspecified atom stereocenters. The predicted molar refractivity (Wildman–Crippen MR) is 106 cm³/mol. The van der Waals surface area contributed by atoms with Crippen LogP contribution in [0, 0.1) is 34.9 Å². The summed E-state index contributed by atoms with van der Waals surface area (Å²) in [5.41, 5.74) is -3.95. The van der Waals surface area contributed by atoms with Gasteiger partial charge in [-0.2, -0.15) is 8.78 Å². The van der Waals surface area contributed by atoms with Gasteiger partial charge in [-0.1, -0.05) is 0 Å². The van der Waals surface area contributed by atoms with Crippen molar-refractivity contribution < 1.29 is 59.4 Å². The van der Waals surface area contributed by atoms with Crippen LogP contribution in [0.3, 0.4) is 0 Å². The molecule has 0 aliphatic carbocycles. The van der Waals surface area contributed by atoms with Crippen molar-refractivity contribution in [3.63, 3.8) is 0 Å². The van der Waals surface area contributed by atoms with Crippen LogP contribution in [0.2, 0.25) is 0 Å². The number of hydrogen-bond acceptors (Lipinski definition) is 5. The van der Waals surface area contributed by atoms with E-state index in [2.05, 4.69) is 10.1 Å². The molecular weight excluding hydrogens is 526 g/mol. The molecule has 198 valence electrons. The van der Waals surface area contributed by atoms with E-state index >= 15 is 0 Å². The van der Waals surface area contributed by atoms with Gasteiger partial charge in [-0.3, -0.25) is 14.5 Å². The van der Waals surface area contributed by atoms with E-state index in [4.69, 9.17) is 0 Å². The van der Waals surface area contributed by atoms with Crippen molar-refractivity contribution in [2.75, 3.05) is 31.1 Å². The van der Waals surface area contributed by atoms with Crippen molar-refractivity contribution in [1.29, 1.82) is 0 Å². The molecule has 2 heterocycles. The van der Waals surface area contributed by atoms with Gasteiger partial charge >= 0.3 is 18.0 Å². The molecule has 4 rings (SSSR count). The van der Waals surface area contributed by atoms with E-state index in [9.17, 15) is 54.6 Å². The number of anilines is 1. The van der Waals surface area contributed by atoms with Crippen molar-refractivity contribution in [3.8, 4) is 16.9 Å². The number of fused-ring (bicyclic) bond motifs is 1. The summed E-state index contributed by atoms with van der Waals surface area (Å²) in [4.78, 5) is 37.5. The van der Waals surface area contributed by atoms with Crippen molar-refractivity contribution >= 4 is 23.5 Å². The molecule has 8 nitrogen and oxygen atoms in total. The summed E-state index contributed by atoms with van der Waals surface area (Å²) in [7, 11) is 0. The van der Waals surface area contributed by atoms with Gasteiger partial charge in [0, 0.05) is 31.3 Å². The second kappa shape index (κ2) is 9.17. The molecule has 1 atom stereocenters. The number of aliphatic carboxylic acids is 1. The molecule has 1 saturated heterocycles. The van der Waals surface area contributed by atoms with E-state index < -0.39 is 93.9 Å². The second-order valence-corrected chi connectivity index (χ2v) is 7.90. The lowest BCUT2D eigenvalue weighted by atomic mass is 10.0. The summed E-state index contributed by atoms with van der Waals surface area (Å²) in [6.45, 7) is -1.54. The van der Waals surface area contributed by atoms with E-state index in [1.165, 1.54) is 0 Å². The zero-order chi connectivity index (χ0) is 27.4. The quantitative estimate of drug-likeness (QED) is 0.352. The number of alkyl halides is 2. The molecule has 2 aliphatic heterocycles. The summed E-state index contributed by atoms with van der Waals surface area (Å²) in [5, 5.41) is 12.0. The van der Waals surface area contributed by atoms with Crippen molar-refractivity contribution in [2.45, 2.75) is 12.2 Å². The summed E-state index contributed by atoms with van der Waals surface area (Å²) in [6.07, 6.45) is -4.65. The van der Waals surface area contributed by atoms with E-state index in [0.717, 1.165) is 4.90 Å². The number of amides is 2. The van der Waals surface area contributed by atoms with Crippen LogP contribution in [0.15, 0.2) is 12.1 Å². The normalized spacial score (nSPS) is 18.9. The number of rotatable bonds is 4. The molecule has 2 aliphatic rings. The molecule has 0 radical (unpaired) electrons. The molecule has 0 spiro atoms. The number of hydrogen-bond donors (Lipinski definition) is 2. The van der Waals surface area contributed by atoms with Crippen molar-refractivity contribution in [1.82, 2.24) is 10.2 Å². The topological polar surface area (TPSA) is 99.2 Å². The number of ether oxygens (including phenoxy) is 1. The van der Waals surface area contributed by atoms with Crippen molar-refractivity contribution in [3.05, 3.63) is 47.0 Å². The van der Waals surface area contributed by atoms with Gasteiger partial charge in [0.25, 0.3) is 0 Å². The standard InChI is InChI=1S/C21H13F8N3O5/c22-8-4-11-9(3-7(8)13-14(23)16(25)18(27)17(26)15(13)24)32(20(36)21(28,29)37-11)6-12(33)31-2-1-30-5-10(31)19(34)35/h3-4,10,30H,1-2,5-6H2,(H,34,35). The fourth-order valence-electron chi connectivity index (χ4n) is 3.92. The lowest BCUT2D eigenvalue weighted by Crippen LogP contribution is -2.60. The first kappa shape index (κ1) is 26.1. The number of carbonyl (C=O) groups excluding carboxylic acids is 2. The maximum absolute atomic E-state index is 14.7. The second-order valence-electron chi connectivity index (χ2n) is 7.90. The average molecular weight is 539 g/mol. The third-order valence-electron chi connectivity index (χ3n) is 5.69. The third kappa shape index (κ3) is 4.30. The summed E-state index contributed by atoms with van der Waals surface area (Å²) < 4.78 is 117. The Morgan fingerprint density at radius 2 is 1.62 bits per heavy atom. The molecule has 0 saturated carbocycles. The van der Waals surface area contributed by atoms with E-state index in [1.54, 1.807) is 0 Å². The maximum atomic E-state index is 14.7. The van der Waals surface area contributed by atoms with Crippen LogP contribution < -0.4 is 15.0 Å². The van der Waals surface area contributed by atoms with Gasteiger partial charge in [-0.25, -0.2) is 31.1 Å². The Kier molecular flexibility index (Phi) is 6.47. The number of benzene rings is 2. The highest BCUT2D eigenvalue weighted by Gasteiger charge is 2.52. The minimum absolute atomic E-state index is 0.0388. The minimum Gasteiger partial charge on any atom is -0.480 e. The highest BCUT2D eigenvalue weighted by molar-refractivity contribution is 6.05. The third-order valence-corrected chi connectivity index (χ3v) is 5.69. The highest BCUT2D eigenvalue weighted by Crippen LogP contribution is 2.44. The zero-order valence-electron chi connectivity index (χ0n) is 18.1. The molecule has 0 bridgehead atoms. The number of halogens is 8. The largest absolute Gasteiger partial charge is 0.482 e. The summed E-state index contributed by atoms with van der Waals surface area (Å²) in [6, 6.07) is -1.02. The number of nitrogens with zero attached hydrogens (tertiary/aromatic N) is 2. The van der Waals surface area contributed by atoms with Crippen LogP contribution in [0.1, 0.15) is 0 Å². The lowest BCUT2D eigenvalue weighted by Gasteiger charge is -2.37. The minimum atomic E-state index is -4.65. The van der Waals surface area contributed by atoms with E-state index in [-0.39, 0.29) is 30.6 Å². The number of nitrogens with one attached hydrogen (secondary N) is 1. The average Bonchev–Trinajstić information content (AvgIpc) is 2.84. The molecule has 1 fully saturated rings. The lowest BCUT2D eigenvalue weighted by molar-refractivity contribution is -0.193. The SMILES string of the molecule is O=C(O)C1CNCCN1C(=O)CN1C(=O)C(F)(F)Oc2cc(F)c(-c3c(F)c(F)c(F)c(F)c3F)cc21. The highest BCUT2D eigenvalue weighted by atomic mass is 19.3. The van der Waals surface area contributed by atoms with Gasteiger partial charge in [0.1, 0.15) is 18.4 Å². The number of carbonyl (C=O) groups is 3. The fourth-order valence-corrected chi connectivity index (χ4v) is 3.92. The Balaban J connectivity index is 1.83. The molecule has 0 aromatic heterocycles. The number of piperazine rings is 1. The van der Waals surface area contributed by atoms with E-state index in [0.29, 0.717) is 6.07 Å². The van der Waals surface area contributed by atoms with Gasteiger partial charge in [0.05, 0.1) is 11.3 Å². The smallest absolute Gasteiger partial charge is 0.480 e. The Bertz CT molecular complexity index is 1310. The van der Waals surface area contributed by atoms with Crippen LogP contribution in [0.4, 0.5) is 40.8 Å². The Morgan fingerprint density at radius 3 is 2.22 bits per heavy atom. The number of carboxylic acids is 1. The molecule has 2 aromatic carbocycles. The molecule has 2 aromatic rings. The Labute approximate surface area is 201 Å². The first-order valence-electron chi connectivity index (χ1n) is 10.2. The Morgan fingerprint density at radius 1 is 1.03 bits per heavy atom. The van der Waals surface area contributed by atoms with Crippen LogP contribution in [0.5, 0.6) is 5.75 Å². The number of carboxylic acid groups (broad SMARTS) is 1. The first-order valence-corrected chi connectivity index (χ1v) is 10.2. The molecular formula is C21H13F8N3O5. The molecule has 37 heavy (non-hydrogen) atoms. The van der Waals surface area contributed by atoms with Gasteiger partial charge in [0.2, 0.25) is 11.7 Å². The monoisotopic (exact) mass is 539 g/mol. The first-order chi connectivity index (χ1) is 17.3. The van der Waals surface area contributed by atoms with Crippen LogP contribution in [-0.2, 0) is 14.4 Å². The Hall–Kier alpha value is -3.95. The van der Waals surface area contributed by atoms with Crippen molar-refractivity contribution in [2.24, 2.45) is 0 Å². The van der Waals surface area contributed by atoms with Gasteiger partial charge in [0.15, 0.2) is 29.0 Å². The fraction of sp³-hybridized carbons (Fsp3) is 0.286. The van der Waals surface area contributed by atoms with Gasteiger partial charge in [-0.15, -0.1) is 0 Å². The van der Waals surface area contributed by atoms with Crippen LogP contribution in [-0.4, -0.2) is 66.1 Å².